The van der Waals surface area contributed by atoms with Crippen molar-refractivity contribution in [3.63, 3.8) is 0 Å². The molecule has 1 aromatic heterocycles. The average molecular weight is 382 g/mol. The Balaban J connectivity index is 1.54. The molecule has 0 radical (unpaired) electrons. The highest BCUT2D eigenvalue weighted by atomic mass is 32.2. The van der Waals surface area contributed by atoms with Crippen molar-refractivity contribution in [2.24, 2.45) is 7.05 Å². The summed E-state index contributed by atoms with van der Waals surface area (Å²) in [5.41, 5.74) is 2.37. The number of thioether (sulfide) groups is 1. The monoisotopic (exact) mass is 381 g/mol. The van der Waals surface area contributed by atoms with Crippen LogP contribution in [-0.2, 0) is 16.9 Å². The Bertz CT molecular complexity index is 842. The number of nitrogens with zero attached hydrogens (tertiary/aromatic N) is 3. The highest BCUT2D eigenvalue weighted by Gasteiger charge is 2.32. The molecule has 3 rings (SSSR count). The van der Waals surface area contributed by atoms with Gasteiger partial charge in [0.25, 0.3) is 0 Å². The van der Waals surface area contributed by atoms with Crippen molar-refractivity contribution in [1.82, 2.24) is 14.8 Å². The molecule has 1 aliphatic rings. The number of sulfone groups is 1. The first-order valence-corrected chi connectivity index (χ1v) is 11.1. The number of aromatic nitrogens is 3. The van der Waals surface area contributed by atoms with Crippen molar-refractivity contribution in [3.8, 4) is 5.75 Å². The summed E-state index contributed by atoms with van der Waals surface area (Å²) in [6, 6.07) is 6.17. The van der Waals surface area contributed by atoms with E-state index in [9.17, 15) is 8.42 Å². The van der Waals surface area contributed by atoms with Gasteiger partial charge in [-0.2, -0.15) is 0 Å². The van der Waals surface area contributed by atoms with Gasteiger partial charge in [-0.1, -0.05) is 17.8 Å². The molecule has 1 aliphatic heterocycles. The highest BCUT2D eigenvalue weighted by Crippen LogP contribution is 2.29. The first kappa shape index (κ1) is 18.3. The van der Waals surface area contributed by atoms with Crippen LogP contribution in [-0.4, -0.2) is 47.0 Å². The van der Waals surface area contributed by atoms with Gasteiger partial charge in [-0.25, -0.2) is 8.42 Å². The third-order valence-corrected chi connectivity index (χ3v) is 7.00. The fraction of sp³-hybridized carbons (Fsp3) is 0.529. The standard InChI is InChI=1S/C17H23N3O3S2/c1-12-8-13(2)10-15(9-12)23-5-6-24-17-19-18-16(20(17)3)14-4-7-25(21,22)11-14/h8-10,14H,4-7,11H2,1-3H3/t14-/m1/s1. The molecule has 2 aromatic rings. The second-order valence-electron chi connectivity index (χ2n) is 6.52. The van der Waals surface area contributed by atoms with Crippen LogP contribution in [0.3, 0.4) is 0 Å². The quantitative estimate of drug-likeness (QED) is 0.565. The Morgan fingerprint density at radius 1 is 1.24 bits per heavy atom. The van der Waals surface area contributed by atoms with Gasteiger partial charge in [0.2, 0.25) is 0 Å². The largest absolute Gasteiger partial charge is 0.493 e. The molecule has 1 saturated heterocycles. The van der Waals surface area contributed by atoms with E-state index in [-0.39, 0.29) is 17.4 Å². The molecular weight excluding hydrogens is 358 g/mol. The van der Waals surface area contributed by atoms with Gasteiger partial charge in [0, 0.05) is 18.7 Å². The number of hydrogen-bond acceptors (Lipinski definition) is 6. The lowest BCUT2D eigenvalue weighted by Crippen LogP contribution is -2.09. The molecule has 0 saturated carbocycles. The smallest absolute Gasteiger partial charge is 0.191 e. The summed E-state index contributed by atoms with van der Waals surface area (Å²) in [4.78, 5) is 0. The fourth-order valence-corrected chi connectivity index (χ4v) is 5.59. The second kappa shape index (κ2) is 7.37. The van der Waals surface area contributed by atoms with Crippen LogP contribution in [0.2, 0.25) is 0 Å². The molecule has 8 heteroatoms. The van der Waals surface area contributed by atoms with E-state index in [1.807, 2.05) is 23.7 Å². The summed E-state index contributed by atoms with van der Waals surface area (Å²) < 4.78 is 31.0. The summed E-state index contributed by atoms with van der Waals surface area (Å²) >= 11 is 1.57. The zero-order valence-corrected chi connectivity index (χ0v) is 16.4. The number of aryl methyl sites for hydroxylation is 2. The second-order valence-corrected chi connectivity index (χ2v) is 9.81. The van der Waals surface area contributed by atoms with Crippen molar-refractivity contribution in [2.45, 2.75) is 31.3 Å². The van der Waals surface area contributed by atoms with Crippen LogP contribution < -0.4 is 4.74 Å². The third-order valence-electron chi connectivity index (χ3n) is 4.24. The van der Waals surface area contributed by atoms with E-state index in [1.54, 1.807) is 11.8 Å². The Kier molecular flexibility index (Phi) is 5.38. The van der Waals surface area contributed by atoms with Gasteiger partial charge in [-0.3, -0.25) is 0 Å². The van der Waals surface area contributed by atoms with Gasteiger partial charge < -0.3 is 9.30 Å². The average Bonchev–Trinajstić information content (AvgIpc) is 3.05. The number of benzene rings is 1. The molecule has 25 heavy (non-hydrogen) atoms. The normalized spacial score (nSPS) is 19.2. The maximum absolute atomic E-state index is 11.6. The summed E-state index contributed by atoms with van der Waals surface area (Å²) in [6.07, 6.45) is 0.634. The van der Waals surface area contributed by atoms with E-state index in [0.717, 1.165) is 22.5 Å². The number of hydrogen-bond donors (Lipinski definition) is 0. The summed E-state index contributed by atoms with van der Waals surface area (Å²) in [6.45, 7) is 4.69. The first-order valence-electron chi connectivity index (χ1n) is 8.28. The SMILES string of the molecule is Cc1cc(C)cc(OCCSc2nnc([C@@H]3CCS(=O)(=O)C3)n2C)c1. The van der Waals surface area contributed by atoms with Gasteiger partial charge in [-0.15, -0.1) is 10.2 Å². The fourth-order valence-electron chi connectivity index (χ4n) is 3.11. The molecular formula is C17H23N3O3S2. The van der Waals surface area contributed by atoms with Crippen molar-refractivity contribution >= 4 is 21.6 Å². The Hall–Kier alpha value is -1.54. The minimum absolute atomic E-state index is 0.0385. The van der Waals surface area contributed by atoms with Crippen LogP contribution in [0.5, 0.6) is 5.75 Å². The van der Waals surface area contributed by atoms with E-state index in [4.69, 9.17) is 4.74 Å². The van der Waals surface area contributed by atoms with E-state index in [2.05, 4.69) is 30.1 Å². The van der Waals surface area contributed by atoms with Crippen molar-refractivity contribution in [1.29, 1.82) is 0 Å². The van der Waals surface area contributed by atoms with Gasteiger partial charge in [-0.05, 0) is 43.5 Å². The molecule has 0 bridgehead atoms. The lowest BCUT2D eigenvalue weighted by atomic mass is 10.1. The van der Waals surface area contributed by atoms with E-state index < -0.39 is 9.84 Å². The van der Waals surface area contributed by atoms with Gasteiger partial charge in [0.15, 0.2) is 15.0 Å². The highest BCUT2D eigenvalue weighted by molar-refractivity contribution is 7.99. The molecule has 2 heterocycles. The molecule has 136 valence electrons. The molecule has 0 amide bonds. The molecule has 0 spiro atoms. The predicted octanol–water partition coefficient (Wildman–Crippen LogP) is 2.51. The minimum Gasteiger partial charge on any atom is -0.493 e. The first-order chi connectivity index (χ1) is 11.8. The zero-order chi connectivity index (χ0) is 18.0. The Labute approximate surface area is 152 Å². The lowest BCUT2D eigenvalue weighted by molar-refractivity contribution is 0.343. The molecule has 0 N–H and O–H groups in total. The van der Waals surface area contributed by atoms with Gasteiger partial charge >= 0.3 is 0 Å². The van der Waals surface area contributed by atoms with Gasteiger partial charge in [0.05, 0.1) is 18.1 Å². The molecule has 6 nitrogen and oxygen atoms in total. The Morgan fingerprint density at radius 2 is 1.96 bits per heavy atom. The van der Waals surface area contributed by atoms with E-state index in [0.29, 0.717) is 13.0 Å². The molecule has 1 aromatic carbocycles. The Morgan fingerprint density at radius 3 is 2.60 bits per heavy atom. The van der Waals surface area contributed by atoms with Crippen LogP contribution in [0, 0.1) is 13.8 Å². The summed E-state index contributed by atoms with van der Waals surface area (Å²) in [7, 11) is -1.02. The third kappa shape index (κ3) is 4.55. The van der Waals surface area contributed by atoms with Crippen LogP contribution >= 0.6 is 11.8 Å². The van der Waals surface area contributed by atoms with E-state index >= 15 is 0 Å². The van der Waals surface area contributed by atoms with Crippen LogP contribution in [0.4, 0.5) is 0 Å². The molecule has 0 aliphatic carbocycles. The predicted molar refractivity (Wildman–Crippen MR) is 99.1 cm³/mol. The summed E-state index contributed by atoms with van der Waals surface area (Å²) in [5.74, 6) is 2.79. The number of ether oxygens (including phenoxy) is 1. The number of rotatable bonds is 6. The topological polar surface area (TPSA) is 74.1 Å². The van der Waals surface area contributed by atoms with Crippen LogP contribution in [0.25, 0.3) is 0 Å². The molecule has 0 unspecified atom stereocenters. The minimum atomic E-state index is -2.92. The van der Waals surface area contributed by atoms with Crippen molar-refractivity contribution in [2.75, 3.05) is 23.9 Å². The van der Waals surface area contributed by atoms with E-state index in [1.165, 1.54) is 11.1 Å². The van der Waals surface area contributed by atoms with Crippen LogP contribution in [0.1, 0.15) is 29.3 Å². The van der Waals surface area contributed by atoms with Crippen LogP contribution in [0.15, 0.2) is 23.4 Å². The summed E-state index contributed by atoms with van der Waals surface area (Å²) in [5, 5.41) is 9.21. The molecule has 1 atom stereocenters. The zero-order valence-electron chi connectivity index (χ0n) is 14.7. The van der Waals surface area contributed by atoms with Gasteiger partial charge in [0.1, 0.15) is 11.6 Å². The molecule has 1 fully saturated rings. The lowest BCUT2D eigenvalue weighted by Gasteiger charge is -2.09. The maximum Gasteiger partial charge on any atom is 0.191 e. The maximum atomic E-state index is 11.6. The van der Waals surface area contributed by atoms with Crippen molar-refractivity contribution in [3.05, 3.63) is 35.2 Å². The van der Waals surface area contributed by atoms with Crippen molar-refractivity contribution < 1.29 is 13.2 Å².